The number of piperazine rings is 1. The minimum absolute atomic E-state index is 0.239. The maximum absolute atomic E-state index is 12.4. The fourth-order valence-electron chi connectivity index (χ4n) is 2.15. The van der Waals surface area contributed by atoms with Gasteiger partial charge in [-0.3, -0.25) is 19.8 Å². The minimum atomic E-state index is -0.875. The molecule has 0 spiro atoms. The molecule has 118 valence electrons. The second-order valence-electron chi connectivity index (χ2n) is 4.68. The zero-order valence-electron chi connectivity index (χ0n) is 11.5. The van der Waals surface area contributed by atoms with E-state index in [2.05, 4.69) is 0 Å². The van der Waals surface area contributed by atoms with Crippen LogP contribution in [0.15, 0.2) is 18.2 Å². The quantitative estimate of drug-likeness (QED) is 0.331. The minimum Gasteiger partial charge on any atom is -0.335 e. The molecule has 0 aliphatic carbocycles. The van der Waals surface area contributed by atoms with Gasteiger partial charge in [0.2, 0.25) is 0 Å². The van der Waals surface area contributed by atoms with Gasteiger partial charge in [0.15, 0.2) is 0 Å². The molecular weight excluding hydrogens is 331 g/mol. The Bertz CT molecular complexity index is 615. The van der Waals surface area contributed by atoms with Gasteiger partial charge in [-0.05, 0) is 18.2 Å². The molecule has 3 N–H and O–H groups in total. The summed E-state index contributed by atoms with van der Waals surface area (Å²) in [6, 6.07) is 4.65. The van der Waals surface area contributed by atoms with Crippen LogP contribution >= 0.6 is 23.2 Å². The molecule has 7 nitrogen and oxygen atoms in total. The third-order valence-electron chi connectivity index (χ3n) is 3.34. The summed E-state index contributed by atoms with van der Waals surface area (Å²) in [6.07, 6.45) is 0. The highest BCUT2D eigenvalue weighted by Gasteiger charge is 2.28. The van der Waals surface area contributed by atoms with Gasteiger partial charge < -0.3 is 9.80 Å². The number of carbonyl (C=O) groups excluding carboxylic acids is 3. The Kier molecular flexibility index (Phi) is 5.23. The lowest BCUT2D eigenvalue weighted by Crippen LogP contribution is -2.54. The fourth-order valence-corrected chi connectivity index (χ4v) is 2.64. The highest BCUT2D eigenvalue weighted by Crippen LogP contribution is 2.22. The van der Waals surface area contributed by atoms with Crippen LogP contribution in [0.3, 0.4) is 0 Å². The first-order chi connectivity index (χ1) is 10.4. The zero-order chi connectivity index (χ0) is 16.3. The van der Waals surface area contributed by atoms with Crippen molar-refractivity contribution in [2.24, 2.45) is 5.84 Å². The summed E-state index contributed by atoms with van der Waals surface area (Å²) in [6.45, 7) is 1.12. The van der Waals surface area contributed by atoms with E-state index >= 15 is 0 Å². The molecular formula is C13H14Cl2N4O3. The molecule has 1 aromatic rings. The summed E-state index contributed by atoms with van der Waals surface area (Å²) in [7, 11) is 0. The van der Waals surface area contributed by atoms with E-state index < -0.39 is 11.8 Å². The molecule has 0 bridgehead atoms. The van der Waals surface area contributed by atoms with Crippen molar-refractivity contribution in [2.45, 2.75) is 0 Å². The summed E-state index contributed by atoms with van der Waals surface area (Å²) < 4.78 is 0. The Labute approximate surface area is 136 Å². The van der Waals surface area contributed by atoms with E-state index in [9.17, 15) is 14.4 Å². The number of nitrogens with one attached hydrogen (secondary N) is 1. The third-order valence-corrected chi connectivity index (χ3v) is 3.89. The molecule has 2 rings (SSSR count). The number of halogens is 2. The van der Waals surface area contributed by atoms with Gasteiger partial charge in [0.1, 0.15) is 0 Å². The molecule has 0 unspecified atom stereocenters. The van der Waals surface area contributed by atoms with Crippen molar-refractivity contribution in [3.8, 4) is 0 Å². The van der Waals surface area contributed by atoms with Gasteiger partial charge in [-0.25, -0.2) is 5.84 Å². The number of benzene rings is 1. The Morgan fingerprint density at radius 2 is 1.64 bits per heavy atom. The van der Waals surface area contributed by atoms with E-state index in [1.807, 2.05) is 0 Å². The first-order valence-corrected chi connectivity index (χ1v) is 7.24. The van der Waals surface area contributed by atoms with Gasteiger partial charge in [0.05, 0.1) is 10.6 Å². The molecule has 0 atom stereocenters. The Hall–Kier alpha value is -1.83. The Morgan fingerprint density at radius 1 is 1.05 bits per heavy atom. The van der Waals surface area contributed by atoms with Crippen LogP contribution in [-0.4, -0.2) is 53.7 Å². The molecule has 1 aliphatic rings. The highest BCUT2D eigenvalue weighted by molar-refractivity contribution is 6.36. The predicted molar refractivity (Wildman–Crippen MR) is 81.3 cm³/mol. The molecule has 1 aromatic carbocycles. The molecule has 1 heterocycles. The van der Waals surface area contributed by atoms with Gasteiger partial charge in [-0.15, -0.1) is 0 Å². The summed E-state index contributed by atoms with van der Waals surface area (Å²) in [5, 5.41) is 0.725. The Morgan fingerprint density at radius 3 is 2.18 bits per heavy atom. The van der Waals surface area contributed by atoms with E-state index in [1.54, 1.807) is 22.5 Å². The second-order valence-corrected chi connectivity index (χ2v) is 5.53. The van der Waals surface area contributed by atoms with E-state index in [1.165, 1.54) is 11.0 Å². The van der Waals surface area contributed by atoms with Crippen LogP contribution < -0.4 is 11.3 Å². The molecule has 22 heavy (non-hydrogen) atoms. The van der Waals surface area contributed by atoms with Crippen molar-refractivity contribution in [1.29, 1.82) is 0 Å². The number of hydrogen-bond acceptors (Lipinski definition) is 4. The molecule has 0 aromatic heterocycles. The number of rotatable bonds is 1. The first kappa shape index (κ1) is 16.5. The molecule has 1 fully saturated rings. The van der Waals surface area contributed by atoms with Crippen LogP contribution in [0.4, 0.5) is 0 Å². The number of nitrogens with two attached hydrogens (primary N) is 1. The molecule has 0 saturated carbocycles. The normalized spacial score (nSPS) is 14.7. The van der Waals surface area contributed by atoms with Crippen molar-refractivity contribution in [3.05, 3.63) is 33.8 Å². The van der Waals surface area contributed by atoms with E-state index in [0.717, 1.165) is 0 Å². The topological polar surface area (TPSA) is 95.7 Å². The molecule has 1 aliphatic heterocycles. The van der Waals surface area contributed by atoms with Crippen molar-refractivity contribution < 1.29 is 14.4 Å². The summed E-state index contributed by atoms with van der Waals surface area (Å²) >= 11 is 11.8. The lowest BCUT2D eigenvalue weighted by molar-refractivity contribution is -0.146. The number of hydrogen-bond donors (Lipinski definition) is 2. The van der Waals surface area contributed by atoms with Gasteiger partial charge in [-0.2, -0.15) is 0 Å². The fraction of sp³-hybridized carbons (Fsp3) is 0.308. The van der Waals surface area contributed by atoms with Gasteiger partial charge >= 0.3 is 11.8 Å². The van der Waals surface area contributed by atoms with Crippen LogP contribution in [0.2, 0.25) is 10.0 Å². The lowest BCUT2D eigenvalue weighted by Gasteiger charge is -2.34. The average Bonchev–Trinajstić information content (AvgIpc) is 2.53. The van der Waals surface area contributed by atoms with Crippen molar-refractivity contribution in [2.75, 3.05) is 26.2 Å². The largest absolute Gasteiger partial charge is 0.335 e. The van der Waals surface area contributed by atoms with Crippen molar-refractivity contribution in [3.63, 3.8) is 0 Å². The summed E-state index contributed by atoms with van der Waals surface area (Å²) in [4.78, 5) is 38.2. The molecule has 3 amide bonds. The monoisotopic (exact) mass is 344 g/mol. The predicted octanol–water partition coefficient (Wildman–Crippen LogP) is 0.268. The molecule has 9 heteroatoms. The van der Waals surface area contributed by atoms with Crippen LogP contribution in [-0.2, 0) is 9.59 Å². The number of amides is 3. The van der Waals surface area contributed by atoms with Crippen LogP contribution in [0.5, 0.6) is 0 Å². The molecule has 1 saturated heterocycles. The van der Waals surface area contributed by atoms with Crippen molar-refractivity contribution in [1.82, 2.24) is 15.2 Å². The standard InChI is InChI=1S/C13H14Cl2N4O3/c14-8-1-2-9(10(15)7-8)12(21)18-3-5-19(6-4-18)13(22)11(20)17-16/h1-2,7H,3-6,16H2,(H,17,20). The summed E-state index contributed by atoms with van der Waals surface area (Å²) in [5.41, 5.74) is 2.15. The number of nitrogens with zero attached hydrogens (tertiary/aromatic N) is 2. The highest BCUT2D eigenvalue weighted by atomic mass is 35.5. The smallest absolute Gasteiger partial charge is 0.323 e. The number of carbonyl (C=O) groups is 3. The van der Waals surface area contributed by atoms with E-state index in [0.29, 0.717) is 23.7 Å². The van der Waals surface area contributed by atoms with Gasteiger partial charge in [0.25, 0.3) is 5.91 Å². The zero-order valence-corrected chi connectivity index (χ0v) is 13.0. The van der Waals surface area contributed by atoms with Crippen LogP contribution in [0, 0.1) is 0 Å². The first-order valence-electron chi connectivity index (χ1n) is 6.48. The second kappa shape index (κ2) is 6.95. The van der Waals surface area contributed by atoms with E-state index in [4.69, 9.17) is 29.0 Å². The maximum Gasteiger partial charge on any atom is 0.323 e. The Balaban J connectivity index is 2.01. The SMILES string of the molecule is NNC(=O)C(=O)N1CCN(C(=O)c2ccc(Cl)cc2Cl)CC1. The maximum atomic E-state index is 12.4. The molecule has 0 radical (unpaired) electrons. The third kappa shape index (κ3) is 3.49. The average molecular weight is 345 g/mol. The summed E-state index contributed by atoms with van der Waals surface area (Å²) in [5.74, 6) is 3.10. The van der Waals surface area contributed by atoms with Crippen LogP contribution in [0.25, 0.3) is 0 Å². The van der Waals surface area contributed by atoms with Gasteiger partial charge in [-0.1, -0.05) is 23.2 Å². The number of hydrazine groups is 1. The van der Waals surface area contributed by atoms with Crippen LogP contribution in [0.1, 0.15) is 10.4 Å². The van der Waals surface area contributed by atoms with E-state index in [-0.39, 0.29) is 24.0 Å². The van der Waals surface area contributed by atoms with Crippen molar-refractivity contribution >= 4 is 40.9 Å². The lowest BCUT2D eigenvalue weighted by atomic mass is 10.1. The van der Waals surface area contributed by atoms with Gasteiger partial charge in [0, 0.05) is 31.2 Å².